The average Bonchev–Trinajstić information content (AvgIpc) is 2.77. The standard InChI is InChI=1S/C11H9BO3S/c13-7-10-4-5-11(16-10)8-2-1-3-9(6-8)12(14)15/h1-7,14-15H. The van der Waals surface area contributed by atoms with Crippen molar-refractivity contribution in [2.24, 2.45) is 0 Å². The quantitative estimate of drug-likeness (QED) is 0.610. The van der Waals surface area contributed by atoms with Crippen molar-refractivity contribution in [3.8, 4) is 10.4 Å². The van der Waals surface area contributed by atoms with Gasteiger partial charge in [0, 0.05) is 4.88 Å². The van der Waals surface area contributed by atoms with Gasteiger partial charge in [0.15, 0.2) is 6.29 Å². The Morgan fingerprint density at radius 1 is 1.19 bits per heavy atom. The van der Waals surface area contributed by atoms with Crippen LogP contribution in [0.5, 0.6) is 0 Å². The van der Waals surface area contributed by atoms with E-state index in [0.717, 1.165) is 16.7 Å². The van der Waals surface area contributed by atoms with Crippen LogP contribution in [0.1, 0.15) is 9.67 Å². The summed E-state index contributed by atoms with van der Waals surface area (Å²) in [7, 11) is -1.47. The second-order valence-electron chi connectivity index (χ2n) is 3.32. The Kier molecular flexibility index (Phi) is 3.19. The SMILES string of the molecule is O=Cc1ccc(-c2cccc(B(O)O)c2)s1. The van der Waals surface area contributed by atoms with Crippen molar-refractivity contribution in [3.63, 3.8) is 0 Å². The van der Waals surface area contributed by atoms with Crippen molar-refractivity contribution in [3.05, 3.63) is 41.3 Å². The Balaban J connectivity index is 2.39. The molecule has 0 unspecified atom stereocenters. The molecule has 0 aliphatic heterocycles. The highest BCUT2D eigenvalue weighted by Gasteiger charge is 2.11. The molecule has 0 amide bonds. The van der Waals surface area contributed by atoms with Crippen LogP contribution in [0.2, 0.25) is 0 Å². The second-order valence-corrected chi connectivity index (χ2v) is 4.43. The fourth-order valence-electron chi connectivity index (χ4n) is 1.42. The molecule has 1 heterocycles. The van der Waals surface area contributed by atoms with Gasteiger partial charge in [0.25, 0.3) is 0 Å². The largest absolute Gasteiger partial charge is 0.488 e. The molecule has 1 aromatic heterocycles. The highest BCUT2D eigenvalue weighted by Crippen LogP contribution is 2.26. The minimum absolute atomic E-state index is 0.443. The summed E-state index contributed by atoms with van der Waals surface area (Å²) in [6.07, 6.45) is 0.804. The molecule has 0 aliphatic rings. The van der Waals surface area contributed by atoms with Gasteiger partial charge in [-0.2, -0.15) is 0 Å². The monoisotopic (exact) mass is 232 g/mol. The summed E-state index contributed by atoms with van der Waals surface area (Å²) in [5, 5.41) is 18.1. The van der Waals surface area contributed by atoms with E-state index in [-0.39, 0.29) is 0 Å². The molecule has 0 fully saturated rings. The number of hydrogen-bond acceptors (Lipinski definition) is 4. The molecule has 0 aliphatic carbocycles. The van der Waals surface area contributed by atoms with E-state index < -0.39 is 7.12 Å². The molecular formula is C11H9BO3S. The van der Waals surface area contributed by atoms with E-state index in [9.17, 15) is 4.79 Å². The van der Waals surface area contributed by atoms with E-state index in [0.29, 0.717) is 10.3 Å². The van der Waals surface area contributed by atoms with Gasteiger partial charge in [-0.05, 0) is 23.2 Å². The summed E-state index contributed by atoms with van der Waals surface area (Å²) in [5.74, 6) is 0. The predicted octanol–water partition coefficient (Wildman–Crippen LogP) is 0.907. The first kappa shape index (κ1) is 11.1. The molecule has 0 spiro atoms. The van der Waals surface area contributed by atoms with Crippen molar-refractivity contribution in [1.29, 1.82) is 0 Å². The number of hydrogen-bond donors (Lipinski definition) is 2. The van der Waals surface area contributed by atoms with E-state index in [1.165, 1.54) is 11.3 Å². The molecule has 1 aromatic carbocycles. The Morgan fingerprint density at radius 2 is 2.00 bits per heavy atom. The number of aldehydes is 1. The summed E-state index contributed by atoms with van der Waals surface area (Å²) < 4.78 is 0. The van der Waals surface area contributed by atoms with Crippen molar-refractivity contribution >= 4 is 30.2 Å². The number of thiophene rings is 1. The van der Waals surface area contributed by atoms with Gasteiger partial charge in [-0.15, -0.1) is 11.3 Å². The first-order chi connectivity index (χ1) is 7.70. The zero-order chi connectivity index (χ0) is 11.5. The summed E-state index contributed by atoms with van der Waals surface area (Å²) in [4.78, 5) is 12.1. The Labute approximate surface area is 97.1 Å². The fourth-order valence-corrected chi connectivity index (χ4v) is 2.24. The van der Waals surface area contributed by atoms with Crippen LogP contribution >= 0.6 is 11.3 Å². The van der Waals surface area contributed by atoms with E-state index in [2.05, 4.69) is 0 Å². The lowest BCUT2D eigenvalue weighted by Gasteiger charge is -2.02. The van der Waals surface area contributed by atoms with Gasteiger partial charge < -0.3 is 10.0 Å². The predicted molar refractivity (Wildman–Crippen MR) is 65.0 cm³/mol. The second kappa shape index (κ2) is 4.61. The van der Waals surface area contributed by atoms with Crippen LogP contribution in [-0.2, 0) is 0 Å². The third kappa shape index (κ3) is 2.22. The zero-order valence-electron chi connectivity index (χ0n) is 8.33. The Hall–Kier alpha value is -1.43. The molecule has 2 aromatic rings. The summed E-state index contributed by atoms with van der Waals surface area (Å²) >= 11 is 1.38. The van der Waals surface area contributed by atoms with E-state index >= 15 is 0 Å². The Morgan fingerprint density at radius 3 is 2.62 bits per heavy atom. The molecule has 16 heavy (non-hydrogen) atoms. The van der Waals surface area contributed by atoms with Gasteiger partial charge in [0.05, 0.1) is 4.88 Å². The van der Waals surface area contributed by atoms with Gasteiger partial charge in [0.2, 0.25) is 0 Å². The minimum atomic E-state index is -1.47. The fraction of sp³-hybridized carbons (Fsp3) is 0. The number of rotatable bonds is 3. The van der Waals surface area contributed by atoms with Crippen LogP contribution in [0.15, 0.2) is 36.4 Å². The van der Waals surface area contributed by atoms with Crippen LogP contribution in [0.25, 0.3) is 10.4 Å². The first-order valence-corrected chi connectivity index (χ1v) is 5.54. The zero-order valence-corrected chi connectivity index (χ0v) is 9.15. The highest BCUT2D eigenvalue weighted by atomic mass is 32.1. The normalized spacial score (nSPS) is 10.1. The summed E-state index contributed by atoms with van der Waals surface area (Å²) in [6, 6.07) is 10.6. The molecule has 0 saturated heterocycles. The van der Waals surface area contributed by atoms with Gasteiger partial charge in [-0.1, -0.05) is 24.3 Å². The molecule has 0 bridgehead atoms. The maximum absolute atomic E-state index is 10.6. The smallest absolute Gasteiger partial charge is 0.423 e. The van der Waals surface area contributed by atoms with Crippen molar-refractivity contribution in [1.82, 2.24) is 0 Å². The molecule has 0 atom stereocenters. The lowest BCUT2D eigenvalue weighted by Crippen LogP contribution is -2.29. The van der Waals surface area contributed by atoms with Crippen LogP contribution in [0, 0.1) is 0 Å². The van der Waals surface area contributed by atoms with Gasteiger partial charge in [-0.25, -0.2) is 0 Å². The maximum atomic E-state index is 10.6. The Bertz CT molecular complexity index is 507. The number of carbonyl (C=O) groups excluding carboxylic acids is 1. The van der Waals surface area contributed by atoms with Gasteiger partial charge >= 0.3 is 7.12 Å². The van der Waals surface area contributed by atoms with Crippen LogP contribution in [0.3, 0.4) is 0 Å². The molecule has 2 rings (SSSR count). The topological polar surface area (TPSA) is 57.5 Å². The van der Waals surface area contributed by atoms with Crippen LogP contribution < -0.4 is 5.46 Å². The van der Waals surface area contributed by atoms with Gasteiger partial charge in [0.1, 0.15) is 0 Å². The van der Waals surface area contributed by atoms with E-state index in [4.69, 9.17) is 10.0 Å². The first-order valence-electron chi connectivity index (χ1n) is 4.72. The molecular weight excluding hydrogens is 223 g/mol. The molecule has 0 saturated carbocycles. The average molecular weight is 232 g/mol. The molecule has 80 valence electrons. The maximum Gasteiger partial charge on any atom is 0.488 e. The lowest BCUT2D eigenvalue weighted by molar-refractivity contribution is 0.112. The number of carbonyl (C=O) groups is 1. The van der Waals surface area contributed by atoms with Crippen molar-refractivity contribution < 1.29 is 14.8 Å². The highest BCUT2D eigenvalue weighted by molar-refractivity contribution is 7.17. The lowest BCUT2D eigenvalue weighted by atomic mass is 9.79. The molecule has 0 radical (unpaired) electrons. The molecule has 3 nitrogen and oxygen atoms in total. The number of benzene rings is 1. The third-order valence-electron chi connectivity index (χ3n) is 2.21. The van der Waals surface area contributed by atoms with E-state index in [1.807, 2.05) is 12.1 Å². The van der Waals surface area contributed by atoms with Crippen LogP contribution in [-0.4, -0.2) is 23.5 Å². The van der Waals surface area contributed by atoms with Crippen molar-refractivity contribution in [2.45, 2.75) is 0 Å². The third-order valence-corrected chi connectivity index (χ3v) is 3.27. The minimum Gasteiger partial charge on any atom is -0.423 e. The van der Waals surface area contributed by atoms with E-state index in [1.54, 1.807) is 24.3 Å². The summed E-state index contributed by atoms with van der Waals surface area (Å²) in [5.41, 5.74) is 1.32. The summed E-state index contributed by atoms with van der Waals surface area (Å²) in [6.45, 7) is 0. The molecule has 2 N–H and O–H groups in total. The van der Waals surface area contributed by atoms with Crippen LogP contribution in [0.4, 0.5) is 0 Å². The van der Waals surface area contributed by atoms with Crippen molar-refractivity contribution in [2.75, 3.05) is 0 Å². The van der Waals surface area contributed by atoms with Gasteiger partial charge in [-0.3, -0.25) is 4.79 Å². The molecule has 5 heteroatoms.